The molecule has 1 rings (SSSR count). The summed E-state index contributed by atoms with van der Waals surface area (Å²) in [6, 6.07) is 10.3. The zero-order chi connectivity index (χ0) is 10.8. The van der Waals surface area contributed by atoms with Gasteiger partial charge in [-0.2, -0.15) is 0 Å². The monoisotopic (exact) mass is 192 g/mol. The van der Waals surface area contributed by atoms with E-state index in [-0.39, 0.29) is 0 Å². The lowest BCUT2D eigenvalue weighted by Gasteiger charge is -1.98. The Hall–Kier alpha value is -0.780. The molecular weight excluding hydrogens is 168 g/mol. The van der Waals surface area contributed by atoms with Crippen LogP contribution in [0.2, 0.25) is 0 Å². The number of unbranched alkanes of at least 4 members (excludes halogenated alkanes) is 1. The van der Waals surface area contributed by atoms with E-state index in [4.69, 9.17) is 0 Å². The average Bonchev–Trinajstić information content (AvgIpc) is 2.17. The van der Waals surface area contributed by atoms with Gasteiger partial charge < -0.3 is 0 Å². The summed E-state index contributed by atoms with van der Waals surface area (Å²) in [5.74, 6) is 0.903. The van der Waals surface area contributed by atoms with Gasteiger partial charge in [-0.05, 0) is 12.8 Å². The molecule has 0 aliphatic heterocycles. The van der Waals surface area contributed by atoms with Crippen LogP contribution in [0.25, 0.3) is 0 Å². The van der Waals surface area contributed by atoms with E-state index < -0.39 is 0 Å². The normalized spacial score (nSPS) is 9.50. The molecule has 0 fully saturated rings. The summed E-state index contributed by atoms with van der Waals surface area (Å²) < 4.78 is 0. The zero-order valence-electron chi connectivity index (χ0n) is 10.1. The Morgan fingerprint density at radius 2 is 1.64 bits per heavy atom. The van der Waals surface area contributed by atoms with E-state index in [2.05, 4.69) is 39.8 Å². The van der Waals surface area contributed by atoms with Gasteiger partial charge in [0.2, 0.25) is 0 Å². The molecular formula is C14H24. The third kappa shape index (κ3) is 9.31. The summed E-state index contributed by atoms with van der Waals surface area (Å²) in [6.07, 6.45) is 4.15. The number of benzene rings is 1. The Balaban J connectivity index is 0.000000241. The molecule has 0 saturated carbocycles. The largest absolute Gasteiger partial charge is 0.0654 e. The Bertz CT molecular complexity index is 199. The standard InChI is InChI=1S/C7H8.C7H16/c1-7-5-3-2-4-6-7;1-4-5-6-7(2)3/h2-6H,1H3;7H,4-6H2,1-3H3. The molecule has 0 bridgehead atoms. The van der Waals surface area contributed by atoms with E-state index in [1.165, 1.54) is 24.8 Å². The van der Waals surface area contributed by atoms with Crippen LogP contribution in [0, 0.1) is 12.8 Å². The van der Waals surface area contributed by atoms with Crippen molar-refractivity contribution in [3.05, 3.63) is 35.9 Å². The van der Waals surface area contributed by atoms with Gasteiger partial charge >= 0.3 is 0 Å². The SMILES string of the molecule is CCCCC(C)C.Cc1ccccc1. The molecule has 0 saturated heterocycles. The predicted molar refractivity (Wildman–Crippen MR) is 65.5 cm³/mol. The molecule has 0 radical (unpaired) electrons. The highest BCUT2D eigenvalue weighted by Gasteiger charge is 1.88. The van der Waals surface area contributed by atoms with Crippen molar-refractivity contribution in [2.45, 2.75) is 47.0 Å². The molecule has 0 amide bonds. The van der Waals surface area contributed by atoms with Gasteiger partial charge in [0.05, 0.1) is 0 Å². The predicted octanol–water partition coefficient (Wildman–Crippen LogP) is 4.83. The minimum Gasteiger partial charge on any atom is -0.0654 e. The summed E-state index contributed by atoms with van der Waals surface area (Å²) in [4.78, 5) is 0. The van der Waals surface area contributed by atoms with Crippen LogP contribution < -0.4 is 0 Å². The zero-order valence-corrected chi connectivity index (χ0v) is 10.1. The van der Waals surface area contributed by atoms with Gasteiger partial charge in [0.1, 0.15) is 0 Å². The molecule has 0 atom stereocenters. The summed E-state index contributed by atoms with van der Waals surface area (Å²) in [5.41, 5.74) is 1.32. The Kier molecular flexibility index (Phi) is 8.31. The van der Waals surface area contributed by atoms with Crippen LogP contribution in [0.3, 0.4) is 0 Å². The first kappa shape index (κ1) is 13.2. The smallest absolute Gasteiger partial charge is 0.0398 e. The second kappa shape index (κ2) is 8.80. The lowest BCUT2D eigenvalue weighted by atomic mass is 10.1. The van der Waals surface area contributed by atoms with Gasteiger partial charge in [-0.1, -0.05) is 75.9 Å². The molecule has 80 valence electrons. The fraction of sp³-hybridized carbons (Fsp3) is 0.571. The maximum Gasteiger partial charge on any atom is -0.0398 e. The molecule has 0 unspecified atom stereocenters. The minimum atomic E-state index is 0.903. The van der Waals surface area contributed by atoms with Gasteiger partial charge in [-0.25, -0.2) is 0 Å². The molecule has 0 heterocycles. The Morgan fingerprint density at radius 1 is 1.07 bits per heavy atom. The summed E-state index contributed by atoms with van der Waals surface area (Å²) in [6.45, 7) is 8.87. The molecule has 0 aromatic heterocycles. The van der Waals surface area contributed by atoms with Crippen LogP contribution in [0.1, 0.15) is 45.6 Å². The van der Waals surface area contributed by atoms with Gasteiger partial charge in [-0.15, -0.1) is 0 Å². The van der Waals surface area contributed by atoms with Gasteiger partial charge in [0.25, 0.3) is 0 Å². The number of hydrogen-bond donors (Lipinski definition) is 0. The summed E-state index contributed by atoms with van der Waals surface area (Å²) in [7, 11) is 0. The van der Waals surface area contributed by atoms with Crippen molar-refractivity contribution < 1.29 is 0 Å². The molecule has 0 spiro atoms. The fourth-order valence-corrected chi connectivity index (χ4v) is 1.15. The number of hydrogen-bond acceptors (Lipinski definition) is 0. The highest BCUT2D eigenvalue weighted by atomic mass is 13.9. The van der Waals surface area contributed by atoms with Crippen LogP contribution in [0.5, 0.6) is 0 Å². The lowest BCUT2D eigenvalue weighted by molar-refractivity contribution is 0.550. The van der Waals surface area contributed by atoms with Crippen molar-refractivity contribution in [1.29, 1.82) is 0 Å². The molecule has 1 aromatic carbocycles. The number of rotatable bonds is 3. The first-order chi connectivity index (χ1) is 6.66. The Morgan fingerprint density at radius 3 is 1.86 bits per heavy atom. The Labute approximate surface area is 89.4 Å². The molecule has 1 aromatic rings. The van der Waals surface area contributed by atoms with E-state index in [0.717, 1.165) is 5.92 Å². The van der Waals surface area contributed by atoms with E-state index >= 15 is 0 Å². The molecule has 0 aliphatic carbocycles. The summed E-state index contributed by atoms with van der Waals surface area (Å²) >= 11 is 0. The van der Waals surface area contributed by atoms with Crippen molar-refractivity contribution in [3.8, 4) is 0 Å². The first-order valence-corrected chi connectivity index (χ1v) is 5.68. The molecule has 0 nitrogen and oxygen atoms in total. The average molecular weight is 192 g/mol. The van der Waals surface area contributed by atoms with Crippen LogP contribution in [-0.2, 0) is 0 Å². The second-order valence-corrected chi connectivity index (χ2v) is 4.19. The van der Waals surface area contributed by atoms with Crippen molar-refractivity contribution in [2.24, 2.45) is 5.92 Å². The van der Waals surface area contributed by atoms with Crippen molar-refractivity contribution in [1.82, 2.24) is 0 Å². The third-order valence-corrected chi connectivity index (χ3v) is 2.08. The van der Waals surface area contributed by atoms with Crippen LogP contribution in [0.4, 0.5) is 0 Å². The quantitative estimate of drug-likeness (QED) is 0.643. The molecule has 14 heavy (non-hydrogen) atoms. The van der Waals surface area contributed by atoms with Crippen molar-refractivity contribution in [2.75, 3.05) is 0 Å². The van der Waals surface area contributed by atoms with Crippen LogP contribution in [0.15, 0.2) is 30.3 Å². The van der Waals surface area contributed by atoms with Crippen LogP contribution in [-0.4, -0.2) is 0 Å². The highest BCUT2D eigenvalue weighted by molar-refractivity contribution is 5.11. The molecule has 0 N–H and O–H groups in total. The minimum absolute atomic E-state index is 0.903. The van der Waals surface area contributed by atoms with E-state index in [9.17, 15) is 0 Å². The highest BCUT2D eigenvalue weighted by Crippen LogP contribution is 2.04. The van der Waals surface area contributed by atoms with Crippen molar-refractivity contribution in [3.63, 3.8) is 0 Å². The van der Waals surface area contributed by atoms with Gasteiger partial charge in [0, 0.05) is 0 Å². The molecule has 0 aliphatic rings. The third-order valence-electron chi connectivity index (χ3n) is 2.08. The maximum atomic E-state index is 2.27. The van der Waals surface area contributed by atoms with E-state index in [0.29, 0.717) is 0 Å². The van der Waals surface area contributed by atoms with E-state index in [1.54, 1.807) is 0 Å². The second-order valence-electron chi connectivity index (χ2n) is 4.19. The first-order valence-electron chi connectivity index (χ1n) is 5.68. The molecule has 0 heteroatoms. The van der Waals surface area contributed by atoms with Gasteiger partial charge in [0.15, 0.2) is 0 Å². The topological polar surface area (TPSA) is 0 Å². The number of aryl methyl sites for hydroxylation is 1. The van der Waals surface area contributed by atoms with E-state index in [1.807, 2.05) is 18.2 Å². The van der Waals surface area contributed by atoms with Crippen LogP contribution >= 0.6 is 0 Å². The van der Waals surface area contributed by atoms with Gasteiger partial charge in [-0.3, -0.25) is 0 Å². The fourth-order valence-electron chi connectivity index (χ4n) is 1.15. The van der Waals surface area contributed by atoms with Crippen molar-refractivity contribution >= 4 is 0 Å². The maximum absolute atomic E-state index is 2.27. The lowest BCUT2D eigenvalue weighted by Crippen LogP contribution is -1.83. The summed E-state index contributed by atoms with van der Waals surface area (Å²) in [5, 5.41) is 0.